The molecule has 0 bridgehead atoms. The van der Waals surface area contributed by atoms with E-state index in [1.54, 1.807) is 12.1 Å². The zero-order valence-corrected chi connectivity index (χ0v) is 10.7. The number of carbonyl (C=O) groups is 3. The van der Waals surface area contributed by atoms with Gasteiger partial charge in [-0.05, 0) is 31.0 Å². The fourth-order valence-electron chi connectivity index (χ4n) is 2.83. The first-order valence-electron chi connectivity index (χ1n) is 6.46. The molecule has 0 saturated carbocycles. The topological polar surface area (TPSA) is 74.7 Å². The first kappa shape index (κ1) is 12.6. The SMILES string of the molecule is O=C(O)c1cccc(N2C(=O)[C@H]3CC=CC[C@H]3C2=O)c1. The number of carboxylic acid groups (broad SMARTS) is 1. The lowest BCUT2D eigenvalue weighted by atomic mass is 9.85. The van der Waals surface area contributed by atoms with Gasteiger partial charge in [0.2, 0.25) is 11.8 Å². The molecular weight excluding hydrogens is 258 g/mol. The number of hydrogen-bond donors (Lipinski definition) is 1. The van der Waals surface area contributed by atoms with E-state index in [2.05, 4.69) is 0 Å². The summed E-state index contributed by atoms with van der Waals surface area (Å²) in [5, 5.41) is 8.99. The van der Waals surface area contributed by atoms with E-state index in [4.69, 9.17) is 5.11 Å². The second-order valence-corrected chi connectivity index (χ2v) is 5.02. The Bertz CT molecular complexity index is 609. The fourth-order valence-corrected chi connectivity index (χ4v) is 2.83. The van der Waals surface area contributed by atoms with Crippen molar-refractivity contribution in [2.24, 2.45) is 11.8 Å². The molecule has 3 rings (SSSR count). The average molecular weight is 271 g/mol. The lowest BCUT2D eigenvalue weighted by molar-refractivity contribution is -0.122. The highest BCUT2D eigenvalue weighted by molar-refractivity contribution is 6.22. The Morgan fingerprint density at radius 3 is 2.25 bits per heavy atom. The number of carbonyl (C=O) groups excluding carboxylic acids is 2. The number of carboxylic acids is 1. The van der Waals surface area contributed by atoms with Gasteiger partial charge in [0.1, 0.15) is 0 Å². The first-order chi connectivity index (χ1) is 9.59. The van der Waals surface area contributed by atoms with E-state index < -0.39 is 5.97 Å². The number of hydrogen-bond acceptors (Lipinski definition) is 3. The number of rotatable bonds is 2. The average Bonchev–Trinajstić information content (AvgIpc) is 2.72. The third-order valence-electron chi connectivity index (χ3n) is 3.86. The smallest absolute Gasteiger partial charge is 0.335 e. The van der Waals surface area contributed by atoms with Crippen LogP contribution in [0.5, 0.6) is 0 Å². The summed E-state index contributed by atoms with van der Waals surface area (Å²) in [6.07, 6.45) is 4.99. The second kappa shape index (κ2) is 4.59. The zero-order valence-electron chi connectivity index (χ0n) is 10.7. The van der Waals surface area contributed by atoms with Gasteiger partial charge in [-0.1, -0.05) is 18.2 Å². The van der Waals surface area contributed by atoms with E-state index in [0.29, 0.717) is 18.5 Å². The van der Waals surface area contributed by atoms with Crippen LogP contribution in [0, 0.1) is 11.8 Å². The van der Waals surface area contributed by atoms with Crippen molar-refractivity contribution in [1.82, 2.24) is 0 Å². The molecule has 1 fully saturated rings. The Morgan fingerprint density at radius 2 is 1.70 bits per heavy atom. The summed E-state index contributed by atoms with van der Waals surface area (Å²) in [4.78, 5) is 36.8. The lowest BCUT2D eigenvalue weighted by Gasteiger charge is -2.15. The van der Waals surface area contributed by atoms with Gasteiger partial charge in [-0.15, -0.1) is 0 Å². The van der Waals surface area contributed by atoms with Crippen molar-refractivity contribution in [2.75, 3.05) is 4.90 Å². The van der Waals surface area contributed by atoms with Crippen LogP contribution in [-0.2, 0) is 9.59 Å². The summed E-state index contributed by atoms with van der Waals surface area (Å²) in [5.74, 6) is -2.15. The highest BCUT2D eigenvalue weighted by Gasteiger charge is 2.47. The molecule has 0 unspecified atom stereocenters. The molecule has 1 aromatic carbocycles. The van der Waals surface area contributed by atoms with E-state index in [1.165, 1.54) is 12.1 Å². The Hall–Kier alpha value is -2.43. The molecule has 0 radical (unpaired) electrons. The second-order valence-electron chi connectivity index (χ2n) is 5.02. The largest absolute Gasteiger partial charge is 0.478 e. The Morgan fingerprint density at radius 1 is 1.10 bits per heavy atom. The zero-order chi connectivity index (χ0) is 14.3. The highest BCUT2D eigenvalue weighted by atomic mass is 16.4. The van der Waals surface area contributed by atoms with Gasteiger partial charge in [0.15, 0.2) is 0 Å². The number of anilines is 1. The number of aromatic carboxylic acids is 1. The maximum absolute atomic E-state index is 12.4. The molecule has 1 aliphatic heterocycles. The van der Waals surface area contributed by atoms with Crippen LogP contribution in [0.3, 0.4) is 0 Å². The first-order valence-corrected chi connectivity index (χ1v) is 6.46. The van der Waals surface area contributed by atoms with Gasteiger partial charge in [-0.2, -0.15) is 0 Å². The van der Waals surface area contributed by atoms with Crippen molar-refractivity contribution >= 4 is 23.5 Å². The van der Waals surface area contributed by atoms with Crippen LogP contribution >= 0.6 is 0 Å². The van der Waals surface area contributed by atoms with E-state index in [0.717, 1.165) is 4.90 Å². The molecule has 1 heterocycles. The van der Waals surface area contributed by atoms with E-state index in [-0.39, 0.29) is 29.2 Å². The lowest BCUT2D eigenvalue weighted by Crippen LogP contribution is -2.31. The van der Waals surface area contributed by atoms with Gasteiger partial charge in [0.25, 0.3) is 0 Å². The molecule has 20 heavy (non-hydrogen) atoms. The Balaban J connectivity index is 1.98. The molecule has 102 valence electrons. The van der Waals surface area contributed by atoms with Crippen molar-refractivity contribution in [2.45, 2.75) is 12.8 Å². The predicted octanol–water partition coefficient (Wildman–Crippen LogP) is 1.84. The number of nitrogens with zero attached hydrogens (tertiary/aromatic N) is 1. The van der Waals surface area contributed by atoms with Gasteiger partial charge >= 0.3 is 5.97 Å². The summed E-state index contributed by atoms with van der Waals surface area (Å²) in [7, 11) is 0. The molecule has 2 atom stereocenters. The summed E-state index contributed by atoms with van der Waals surface area (Å²) in [6.45, 7) is 0. The van der Waals surface area contributed by atoms with Crippen LogP contribution in [-0.4, -0.2) is 22.9 Å². The minimum absolute atomic E-state index is 0.0658. The normalized spacial score (nSPS) is 24.9. The van der Waals surface area contributed by atoms with Crippen molar-refractivity contribution in [1.29, 1.82) is 0 Å². The number of fused-ring (bicyclic) bond motifs is 1. The van der Waals surface area contributed by atoms with Crippen molar-refractivity contribution in [3.05, 3.63) is 42.0 Å². The van der Waals surface area contributed by atoms with Crippen molar-refractivity contribution in [3.63, 3.8) is 0 Å². The van der Waals surface area contributed by atoms with Crippen LogP contribution in [0.2, 0.25) is 0 Å². The minimum Gasteiger partial charge on any atom is -0.478 e. The summed E-state index contributed by atoms with van der Waals surface area (Å²) in [5.41, 5.74) is 0.408. The van der Waals surface area contributed by atoms with Gasteiger partial charge in [-0.25, -0.2) is 4.79 Å². The predicted molar refractivity (Wildman–Crippen MR) is 71.2 cm³/mol. The van der Waals surface area contributed by atoms with E-state index >= 15 is 0 Å². The van der Waals surface area contributed by atoms with E-state index in [1.807, 2.05) is 12.2 Å². The minimum atomic E-state index is -1.08. The van der Waals surface area contributed by atoms with Crippen molar-refractivity contribution < 1.29 is 19.5 Å². The molecule has 1 aliphatic carbocycles. The molecule has 0 spiro atoms. The molecule has 5 heteroatoms. The molecule has 1 saturated heterocycles. The highest BCUT2D eigenvalue weighted by Crippen LogP contribution is 2.37. The molecule has 1 N–H and O–H groups in total. The monoisotopic (exact) mass is 271 g/mol. The summed E-state index contributed by atoms with van der Waals surface area (Å²) in [6, 6.07) is 5.93. The van der Waals surface area contributed by atoms with Crippen LogP contribution < -0.4 is 4.90 Å². The van der Waals surface area contributed by atoms with Gasteiger partial charge in [0.05, 0.1) is 23.1 Å². The number of amides is 2. The number of benzene rings is 1. The number of imide groups is 1. The fraction of sp³-hybridized carbons (Fsp3) is 0.267. The molecule has 1 aromatic rings. The molecule has 2 aliphatic rings. The Kier molecular flexibility index (Phi) is 2.89. The molecule has 2 amide bonds. The maximum atomic E-state index is 12.4. The molecule has 5 nitrogen and oxygen atoms in total. The van der Waals surface area contributed by atoms with Crippen LogP contribution in [0.1, 0.15) is 23.2 Å². The van der Waals surface area contributed by atoms with Crippen LogP contribution in [0.4, 0.5) is 5.69 Å². The van der Waals surface area contributed by atoms with Gasteiger partial charge in [0, 0.05) is 0 Å². The molecule has 0 aromatic heterocycles. The third kappa shape index (κ3) is 1.82. The van der Waals surface area contributed by atoms with Crippen LogP contribution in [0.15, 0.2) is 36.4 Å². The summed E-state index contributed by atoms with van der Waals surface area (Å²) < 4.78 is 0. The standard InChI is InChI=1S/C15H13NO4/c17-13-11-6-1-2-7-12(11)14(18)16(13)10-5-3-4-9(8-10)15(19)20/h1-5,8,11-12H,6-7H2,(H,19,20)/t11-,12+. The van der Waals surface area contributed by atoms with Crippen molar-refractivity contribution in [3.8, 4) is 0 Å². The maximum Gasteiger partial charge on any atom is 0.335 e. The third-order valence-corrected chi connectivity index (χ3v) is 3.86. The number of allylic oxidation sites excluding steroid dienone is 2. The van der Waals surface area contributed by atoms with E-state index in [9.17, 15) is 14.4 Å². The van der Waals surface area contributed by atoms with Gasteiger partial charge < -0.3 is 5.11 Å². The Labute approximate surface area is 115 Å². The summed E-state index contributed by atoms with van der Waals surface area (Å²) >= 11 is 0. The molecular formula is C15H13NO4. The quantitative estimate of drug-likeness (QED) is 0.658. The van der Waals surface area contributed by atoms with Gasteiger partial charge in [-0.3, -0.25) is 14.5 Å². The van der Waals surface area contributed by atoms with Crippen LogP contribution in [0.25, 0.3) is 0 Å².